The molecule has 2 aromatic rings. The molecule has 1 aromatic heterocycles. The summed E-state index contributed by atoms with van der Waals surface area (Å²) < 4.78 is 0. The third-order valence-corrected chi connectivity index (χ3v) is 2.69. The zero-order chi connectivity index (χ0) is 12.3. The number of aromatic nitrogens is 1. The molecule has 0 amide bonds. The molecule has 0 aliphatic rings. The highest BCUT2D eigenvalue weighted by molar-refractivity contribution is 5.52. The van der Waals surface area contributed by atoms with Gasteiger partial charge in [0, 0.05) is 37.4 Å². The summed E-state index contributed by atoms with van der Waals surface area (Å²) in [5.74, 6) is 0. The minimum atomic E-state index is 0.791. The van der Waals surface area contributed by atoms with Gasteiger partial charge in [0.1, 0.15) is 0 Å². The van der Waals surface area contributed by atoms with Gasteiger partial charge in [0.25, 0.3) is 0 Å². The molecule has 0 radical (unpaired) electrons. The predicted molar refractivity (Wildman–Crippen MR) is 71.9 cm³/mol. The lowest BCUT2D eigenvalue weighted by atomic mass is 10.2. The summed E-state index contributed by atoms with van der Waals surface area (Å²) in [5, 5.41) is 0. The van der Waals surface area contributed by atoms with Crippen LogP contribution in [0, 0.1) is 6.92 Å². The van der Waals surface area contributed by atoms with E-state index in [2.05, 4.69) is 29.9 Å². The van der Waals surface area contributed by atoms with E-state index in [0.29, 0.717) is 0 Å². The first-order valence-electron chi connectivity index (χ1n) is 5.62. The first kappa shape index (κ1) is 11.5. The highest BCUT2D eigenvalue weighted by Gasteiger charge is 2.02. The minimum Gasteiger partial charge on any atom is -0.399 e. The van der Waals surface area contributed by atoms with E-state index in [9.17, 15) is 0 Å². The molecule has 0 saturated carbocycles. The minimum absolute atomic E-state index is 0.791. The fourth-order valence-corrected chi connectivity index (χ4v) is 1.80. The number of hydrogen-bond acceptors (Lipinski definition) is 3. The van der Waals surface area contributed by atoms with E-state index in [1.165, 1.54) is 11.1 Å². The monoisotopic (exact) mass is 227 g/mol. The van der Waals surface area contributed by atoms with Gasteiger partial charge in [0.05, 0.1) is 0 Å². The van der Waals surface area contributed by atoms with Gasteiger partial charge < -0.3 is 10.6 Å². The van der Waals surface area contributed by atoms with Gasteiger partial charge in [-0.25, -0.2) is 0 Å². The number of nitrogens with two attached hydrogens (primary N) is 1. The number of nitrogens with zero attached hydrogens (tertiary/aromatic N) is 2. The Balaban J connectivity index is 2.11. The summed E-state index contributed by atoms with van der Waals surface area (Å²) in [6.45, 7) is 2.90. The standard InChI is InChI=1S/C14H17N3/c1-11-7-12(9-16-8-11)10-17(2)14-5-3-13(15)4-6-14/h3-9H,10,15H2,1-2H3. The number of hydrogen-bond donors (Lipinski definition) is 1. The number of nitrogen functional groups attached to an aromatic ring is 1. The second-order valence-corrected chi connectivity index (χ2v) is 4.32. The Morgan fingerprint density at radius 1 is 1.18 bits per heavy atom. The molecule has 3 heteroatoms. The second kappa shape index (κ2) is 4.87. The molecular weight excluding hydrogens is 210 g/mol. The number of aryl methyl sites for hydroxylation is 1. The highest BCUT2D eigenvalue weighted by atomic mass is 15.1. The largest absolute Gasteiger partial charge is 0.399 e. The maximum absolute atomic E-state index is 5.67. The molecule has 0 bridgehead atoms. The molecule has 0 aliphatic heterocycles. The first-order chi connectivity index (χ1) is 8.15. The zero-order valence-corrected chi connectivity index (χ0v) is 10.2. The van der Waals surface area contributed by atoms with E-state index in [1.807, 2.05) is 36.7 Å². The van der Waals surface area contributed by atoms with E-state index in [0.717, 1.165) is 17.9 Å². The van der Waals surface area contributed by atoms with Crippen LogP contribution in [-0.2, 0) is 6.54 Å². The van der Waals surface area contributed by atoms with Gasteiger partial charge >= 0.3 is 0 Å². The smallest absolute Gasteiger partial charge is 0.0441 e. The lowest BCUT2D eigenvalue weighted by molar-refractivity contribution is 0.913. The lowest BCUT2D eigenvalue weighted by Gasteiger charge is -2.19. The van der Waals surface area contributed by atoms with Crippen molar-refractivity contribution in [2.24, 2.45) is 0 Å². The third kappa shape index (κ3) is 2.97. The van der Waals surface area contributed by atoms with Crippen LogP contribution in [0.4, 0.5) is 11.4 Å². The Morgan fingerprint density at radius 3 is 2.53 bits per heavy atom. The summed E-state index contributed by atoms with van der Waals surface area (Å²) in [7, 11) is 2.06. The van der Waals surface area contributed by atoms with E-state index in [-0.39, 0.29) is 0 Å². The number of benzene rings is 1. The van der Waals surface area contributed by atoms with Crippen molar-refractivity contribution in [1.29, 1.82) is 0 Å². The van der Waals surface area contributed by atoms with Crippen LogP contribution in [-0.4, -0.2) is 12.0 Å². The molecule has 0 unspecified atom stereocenters. The first-order valence-corrected chi connectivity index (χ1v) is 5.62. The van der Waals surface area contributed by atoms with Crippen LogP contribution in [0.1, 0.15) is 11.1 Å². The SMILES string of the molecule is Cc1cncc(CN(C)c2ccc(N)cc2)c1. The average molecular weight is 227 g/mol. The second-order valence-electron chi connectivity index (χ2n) is 4.32. The van der Waals surface area contributed by atoms with Crippen LogP contribution in [0.25, 0.3) is 0 Å². The van der Waals surface area contributed by atoms with Gasteiger partial charge in [-0.2, -0.15) is 0 Å². The van der Waals surface area contributed by atoms with Gasteiger partial charge in [0.2, 0.25) is 0 Å². The van der Waals surface area contributed by atoms with Crippen LogP contribution in [0.15, 0.2) is 42.7 Å². The summed E-state index contributed by atoms with van der Waals surface area (Å²) in [6, 6.07) is 10.0. The normalized spacial score (nSPS) is 10.2. The van der Waals surface area contributed by atoms with E-state index in [1.54, 1.807) is 0 Å². The van der Waals surface area contributed by atoms with Crippen LogP contribution < -0.4 is 10.6 Å². The number of anilines is 2. The molecule has 0 spiro atoms. The highest BCUT2D eigenvalue weighted by Crippen LogP contribution is 2.17. The molecule has 1 aromatic carbocycles. The van der Waals surface area contributed by atoms with Gasteiger partial charge in [-0.05, 0) is 42.3 Å². The zero-order valence-electron chi connectivity index (χ0n) is 10.2. The Hall–Kier alpha value is -2.03. The number of rotatable bonds is 3. The number of pyridine rings is 1. The van der Waals surface area contributed by atoms with Crippen molar-refractivity contribution < 1.29 is 0 Å². The fourth-order valence-electron chi connectivity index (χ4n) is 1.80. The van der Waals surface area contributed by atoms with E-state index in [4.69, 9.17) is 5.73 Å². The molecular formula is C14H17N3. The van der Waals surface area contributed by atoms with Crippen LogP contribution in [0.2, 0.25) is 0 Å². The average Bonchev–Trinajstić information content (AvgIpc) is 2.29. The fraction of sp³-hybridized carbons (Fsp3) is 0.214. The van der Waals surface area contributed by atoms with Gasteiger partial charge in [-0.1, -0.05) is 6.07 Å². The van der Waals surface area contributed by atoms with Crippen molar-refractivity contribution in [2.45, 2.75) is 13.5 Å². The molecule has 0 saturated heterocycles. The van der Waals surface area contributed by atoms with Crippen molar-refractivity contribution in [3.63, 3.8) is 0 Å². The maximum Gasteiger partial charge on any atom is 0.0441 e. The maximum atomic E-state index is 5.67. The van der Waals surface area contributed by atoms with Crippen LogP contribution in [0.3, 0.4) is 0 Å². The molecule has 0 fully saturated rings. The topological polar surface area (TPSA) is 42.2 Å². The Labute approximate surface area is 102 Å². The Morgan fingerprint density at radius 2 is 1.88 bits per heavy atom. The Kier molecular flexibility index (Phi) is 3.28. The van der Waals surface area contributed by atoms with Gasteiger partial charge in [0.15, 0.2) is 0 Å². The molecule has 3 nitrogen and oxygen atoms in total. The van der Waals surface area contributed by atoms with Gasteiger partial charge in [-0.15, -0.1) is 0 Å². The lowest BCUT2D eigenvalue weighted by Crippen LogP contribution is -2.16. The molecule has 1 heterocycles. The predicted octanol–water partition coefficient (Wildman–Crippen LogP) is 2.61. The van der Waals surface area contributed by atoms with E-state index >= 15 is 0 Å². The van der Waals surface area contributed by atoms with Crippen LogP contribution in [0.5, 0.6) is 0 Å². The summed E-state index contributed by atoms with van der Waals surface area (Å²) >= 11 is 0. The molecule has 2 N–H and O–H groups in total. The molecule has 0 atom stereocenters. The van der Waals surface area contributed by atoms with E-state index < -0.39 is 0 Å². The molecule has 2 rings (SSSR count). The summed E-state index contributed by atoms with van der Waals surface area (Å²) in [5.41, 5.74) is 10.0. The molecule has 88 valence electrons. The van der Waals surface area contributed by atoms with Crippen molar-refractivity contribution >= 4 is 11.4 Å². The van der Waals surface area contributed by atoms with Crippen molar-refractivity contribution in [1.82, 2.24) is 4.98 Å². The summed E-state index contributed by atoms with van der Waals surface area (Å²) in [6.07, 6.45) is 3.77. The van der Waals surface area contributed by atoms with Crippen LogP contribution >= 0.6 is 0 Å². The summed E-state index contributed by atoms with van der Waals surface area (Å²) in [4.78, 5) is 6.37. The van der Waals surface area contributed by atoms with Crippen molar-refractivity contribution in [3.05, 3.63) is 53.9 Å². The quantitative estimate of drug-likeness (QED) is 0.819. The van der Waals surface area contributed by atoms with Crippen molar-refractivity contribution in [2.75, 3.05) is 17.7 Å². The molecule has 17 heavy (non-hydrogen) atoms. The van der Waals surface area contributed by atoms with Crippen molar-refractivity contribution in [3.8, 4) is 0 Å². The molecule has 0 aliphatic carbocycles. The van der Waals surface area contributed by atoms with Gasteiger partial charge in [-0.3, -0.25) is 4.98 Å². The Bertz CT molecular complexity index is 491. The third-order valence-electron chi connectivity index (χ3n) is 2.69.